The van der Waals surface area contributed by atoms with Crippen LogP contribution >= 0.6 is 11.6 Å². The summed E-state index contributed by atoms with van der Waals surface area (Å²) in [6.07, 6.45) is 1.09. The van der Waals surface area contributed by atoms with E-state index in [0.29, 0.717) is 0 Å². The summed E-state index contributed by atoms with van der Waals surface area (Å²) < 4.78 is 1.10. The third-order valence-corrected chi connectivity index (χ3v) is 1.66. The zero-order valence-corrected chi connectivity index (χ0v) is 6.91. The average Bonchev–Trinajstić information content (AvgIpc) is 1.96. The Morgan fingerprint density at radius 1 is 1.67 bits per heavy atom. The molecule has 64 valence electrons. The monoisotopic (exact) mass is 188 g/mol. The summed E-state index contributed by atoms with van der Waals surface area (Å²) in [7, 11) is 1.42. The fourth-order valence-electron chi connectivity index (χ4n) is 0.727. The fourth-order valence-corrected chi connectivity index (χ4v) is 0.938. The SMILES string of the molecule is Cn1cc([N+](=O)[O-])c(Cl)cc1=O. The highest BCUT2D eigenvalue weighted by Crippen LogP contribution is 2.20. The van der Waals surface area contributed by atoms with Gasteiger partial charge in [-0.15, -0.1) is 0 Å². The second kappa shape index (κ2) is 2.94. The molecule has 0 unspecified atom stereocenters. The Bertz CT molecular complexity index is 385. The minimum atomic E-state index is -0.637. The summed E-state index contributed by atoms with van der Waals surface area (Å²) in [4.78, 5) is 20.5. The smallest absolute Gasteiger partial charge is 0.304 e. The van der Waals surface area contributed by atoms with E-state index in [9.17, 15) is 14.9 Å². The second-order valence-corrected chi connectivity index (χ2v) is 2.62. The van der Waals surface area contributed by atoms with Crippen molar-refractivity contribution in [2.45, 2.75) is 0 Å². The van der Waals surface area contributed by atoms with Gasteiger partial charge in [-0.25, -0.2) is 0 Å². The summed E-state index contributed by atoms with van der Waals surface area (Å²) in [5.74, 6) is 0. The van der Waals surface area contributed by atoms with Crippen molar-refractivity contribution < 1.29 is 4.92 Å². The van der Waals surface area contributed by atoms with Gasteiger partial charge >= 0.3 is 5.69 Å². The van der Waals surface area contributed by atoms with Gasteiger partial charge in [-0.3, -0.25) is 14.9 Å². The molecule has 0 saturated heterocycles. The van der Waals surface area contributed by atoms with Crippen LogP contribution in [0, 0.1) is 10.1 Å². The molecule has 0 bridgehead atoms. The molecule has 0 atom stereocenters. The molecule has 1 aromatic heterocycles. The van der Waals surface area contributed by atoms with Crippen LogP contribution < -0.4 is 5.56 Å². The van der Waals surface area contributed by atoms with Crippen molar-refractivity contribution in [1.29, 1.82) is 0 Å². The van der Waals surface area contributed by atoms with Crippen LogP contribution in [-0.2, 0) is 7.05 Å². The summed E-state index contributed by atoms with van der Waals surface area (Å²) in [5.41, 5.74) is -0.635. The van der Waals surface area contributed by atoms with Crippen molar-refractivity contribution in [3.63, 3.8) is 0 Å². The van der Waals surface area contributed by atoms with Crippen molar-refractivity contribution in [2.75, 3.05) is 0 Å². The quantitative estimate of drug-likeness (QED) is 0.487. The van der Waals surface area contributed by atoms with Crippen LogP contribution in [0.15, 0.2) is 17.1 Å². The maximum atomic E-state index is 10.9. The largest absolute Gasteiger partial charge is 0.312 e. The lowest BCUT2D eigenvalue weighted by atomic mass is 10.4. The maximum Gasteiger partial charge on any atom is 0.304 e. The Labute approximate surface area is 72.3 Å². The lowest BCUT2D eigenvalue weighted by molar-refractivity contribution is -0.385. The van der Waals surface area contributed by atoms with E-state index >= 15 is 0 Å². The number of aryl methyl sites for hydroxylation is 1. The molecule has 6 heteroatoms. The summed E-state index contributed by atoms with van der Waals surface area (Å²) in [6.45, 7) is 0. The molecule has 12 heavy (non-hydrogen) atoms. The maximum absolute atomic E-state index is 10.9. The highest BCUT2D eigenvalue weighted by Gasteiger charge is 2.12. The van der Waals surface area contributed by atoms with E-state index in [1.54, 1.807) is 0 Å². The molecule has 0 amide bonds. The molecular weight excluding hydrogens is 184 g/mol. The third kappa shape index (κ3) is 1.45. The van der Waals surface area contributed by atoms with Crippen LogP contribution in [-0.4, -0.2) is 9.49 Å². The first-order valence-electron chi connectivity index (χ1n) is 3.03. The summed E-state index contributed by atoms with van der Waals surface area (Å²) in [6, 6.07) is 1.01. The normalized spacial score (nSPS) is 9.83. The van der Waals surface area contributed by atoms with Gasteiger partial charge in [0, 0.05) is 13.1 Å². The molecule has 0 fully saturated rings. The predicted molar refractivity (Wildman–Crippen MR) is 43.3 cm³/mol. The van der Waals surface area contributed by atoms with Crippen LogP contribution in [0.25, 0.3) is 0 Å². The number of nitrogens with zero attached hydrogens (tertiary/aromatic N) is 2. The summed E-state index contributed by atoms with van der Waals surface area (Å²) >= 11 is 5.44. The predicted octanol–water partition coefficient (Wildman–Crippen LogP) is 0.947. The Hall–Kier alpha value is -1.36. The first-order chi connectivity index (χ1) is 5.52. The number of rotatable bonds is 1. The van der Waals surface area contributed by atoms with E-state index < -0.39 is 4.92 Å². The Kier molecular flexibility index (Phi) is 2.14. The van der Waals surface area contributed by atoms with Gasteiger partial charge in [0.1, 0.15) is 5.02 Å². The minimum Gasteiger partial charge on any atom is -0.312 e. The van der Waals surface area contributed by atoms with E-state index in [2.05, 4.69) is 0 Å². The molecule has 0 aliphatic carbocycles. The van der Waals surface area contributed by atoms with Crippen molar-refractivity contribution in [3.8, 4) is 0 Å². The van der Waals surface area contributed by atoms with Crippen molar-refractivity contribution in [2.24, 2.45) is 7.05 Å². The topological polar surface area (TPSA) is 65.1 Å². The lowest BCUT2D eigenvalue weighted by Gasteiger charge is -1.97. The highest BCUT2D eigenvalue weighted by atomic mass is 35.5. The van der Waals surface area contributed by atoms with Crippen molar-refractivity contribution in [1.82, 2.24) is 4.57 Å². The molecule has 1 heterocycles. The molecule has 0 aliphatic rings. The molecule has 0 aromatic carbocycles. The standard InChI is InChI=1S/C6H5ClN2O3/c1-8-3-5(9(11)12)4(7)2-6(8)10/h2-3H,1H3. The van der Waals surface area contributed by atoms with Crippen LogP contribution in [0.1, 0.15) is 0 Å². The van der Waals surface area contributed by atoms with E-state index in [1.165, 1.54) is 7.05 Å². The van der Waals surface area contributed by atoms with Crippen LogP contribution in [0.4, 0.5) is 5.69 Å². The van der Waals surface area contributed by atoms with Crippen LogP contribution in [0.5, 0.6) is 0 Å². The first kappa shape index (κ1) is 8.73. The third-order valence-electron chi connectivity index (χ3n) is 1.36. The molecule has 0 saturated carbocycles. The van der Waals surface area contributed by atoms with Gasteiger partial charge in [0.2, 0.25) is 0 Å². The van der Waals surface area contributed by atoms with Crippen molar-refractivity contribution >= 4 is 17.3 Å². The van der Waals surface area contributed by atoms with Gasteiger partial charge in [0.05, 0.1) is 11.1 Å². The fraction of sp³-hybridized carbons (Fsp3) is 0.167. The number of aromatic nitrogens is 1. The van der Waals surface area contributed by atoms with Gasteiger partial charge in [-0.1, -0.05) is 11.6 Å². The number of hydrogen-bond acceptors (Lipinski definition) is 3. The molecular formula is C6H5ClN2O3. The molecule has 5 nitrogen and oxygen atoms in total. The van der Waals surface area contributed by atoms with Gasteiger partial charge in [-0.05, 0) is 0 Å². The van der Waals surface area contributed by atoms with Crippen molar-refractivity contribution in [3.05, 3.63) is 37.8 Å². The van der Waals surface area contributed by atoms with E-state index in [0.717, 1.165) is 16.8 Å². The van der Waals surface area contributed by atoms with Gasteiger partial charge < -0.3 is 4.57 Å². The van der Waals surface area contributed by atoms with Crippen LogP contribution in [0.2, 0.25) is 5.02 Å². The highest BCUT2D eigenvalue weighted by molar-refractivity contribution is 6.32. The molecule has 0 spiro atoms. The number of pyridine rings is 1. The summed E-state index contributed by atoms with van der Waals surface area (Å²) in [5, 5.41) is 10.2. The molecule has 0 aliphatic heterocycles. The van der Waals surface area contributed by atoms with Gasteiger partial charge in [-0.2, -0.15) is 0 Å². The second-order valence-electron chi connectivity index (χ2n) is 2.21. The molecule has 0 radical (unpaired) electrons. The Morgan fingerprint density at radius 2 is 2.25 bits per heavy atom. The Balaban J connectivity index is 3.43. The zero-order valence-electron chi connectivity index (χ0n) is 6.15. The van der Waals surface area contributed by atoms with Gasteiger partial charge in [0.25, 0.3) is 5.56 Å². The van der Waals surface area contributed by atoms with E-state index in [4.69, 9.17) is 11.6 Å². The molecule has 1 rings (SSSR count). The minimum absolute atomic E-state index is 0.136. The average molecular weight is 189 g/mol. The zero-order chi connectivity index (χ0) is 9.30. The lowest BCUT2D eigenvalue weighted by Crippen LogP contribution is -2.15. The Morgan fingerprint density at radius 3 is 2.75 bits per heavy atom. The van der Waals surface area contributed by atoms with Gasteiger partial charge in [0.15, 0.2) is 0 Å². The molecule has 1 aromatic rings. The molecule has 0 N–H and O–H groups in total. The number of nitro groups is 1. The number of halogens is 1. The van der Waals surface area contributed by atoms with E-state index in [-0.39, 0.29) is 16.3 Å². The van der Waals surface area contributed by atoms with Crippen LogP contribution in [0.3, 0.4) is 0 Å². The first-order valence-corrected chi connectivity index (χ1v) is 3.40. The van der Waals surface area contributed by atoms with E-state index in [1.807, 2.05) is 0 Å². The number of hydrogen-bond donors (Lipinski definition) is 0.